The summed E-state index contributed by atoms with van der Waals surface area (Å²) in [5.74, 6) is 1.15. The fourth-order valence-electron chi connectivity index (χ4n) is 7.32. The molecule has 182 valence electrons. The van der Waals surface area contributed by atoms with Crippen LogP contribution in [0.5, 0.6) is 0 Å². The summed E-state index contributed by atoms with van der Waals surface area (Å²) in [6, 6.07) is 0. The average molecular weight is 449 g/mol. The highest BCUT2D eigenvalue weighted by Crippen LogP contribution is 2.57. The molecular formula is C26H44N2O4. The predicted octanol–water partition coefficient (Wildman–Crippen LogP) is 3.44. The van der Waals surface area contributed by atoms with E-state index in [1.54, 1.807) is 0 Å². The first-order chi connectivity index (χ1) is 15.1. The number of hydrogen-bond donors (Lipinski definition) is 4. The van der Waals surface area contributed by atoms with Gasteiger partial charge in [-0.15, -0.1) is 0 Å². The number of carbonyl (C=O) groups excluding carboxylic acids is 2. The molecule has 2 amide bonds. The van der Waals surface area contributed by atoms with Crippen LogP contribution in [0.25, 0.3) is 0 Å². The van der Waals surface area contributed by atoms with E-state index in [1.165, 1.54) is 0 Å². The highest BCUT2D eigenvalue weighted by molar-refractivity contribution is 5.87. The van der Waals surface area contributed by atoms with Crippen molar-refractivity contribution in [3.8, 4) is 0 Å². The number of amides is 2. The molecule has 0 aromatic rings. The normalized spacial score (nSPS) is 44.1. The lowest BCUT2D eigenvalue weighted by Crippen LogP contribution is -2.57. The van der Waals surface area contributed by atoms with Crippen molar-refractivity contribution in [2.75, 3.05) is 13.1 Å². The number of aliphatic hydroxyl groups is 2. The molecule has 6 nitrogen and oxygen atoms in total. The summed E-state index contributed by atoms with van der Waals surface area (Å²) >= 11 is 0. The molecule has 0 radical (unpaired) electrons. The molecule has 4 unspecified atom stereocenters. The number of carbonyl (C=O) groups is 2. The van der Waals surface area contributed by atoms with Gasteiger partial charge in [0, 0.05) is 23.9 Å². The molecule has 4 N–H and O–H groups in total. The van der Waals surface area contributed by atoms with Crippen LogP contribution >= 0.6 is 0 Å². The van der Waals surface area contributed by atoms with Gasteiger partial charge in [-0.05, 0) is 76.0 Å². The molecule has 0 heterocycles. The monoisotopic (exact) mass is 448 g/mol. The summed E-state index contributed by atoms with van der Waals surface area (Å²) in [6.07, 6.45) is 11.8. The molecule has 5 fully saturated rings. The van der Waals surface area contributed by atoms with Gasteiger partial charge >= 0.3 is 0 Å². The van der Waals surface area contributed by atoms with Crippen molar-refractivity contribution < 1.29 is 19.8 Å². The molecule has 0 aromatic heterocycles. The molecule has 32 heavy (non-hydrogen) atoms. The zero-order chi connectivity index (χ0) is 23.0. The van der Waals surface area contributed by atoms with Gasteiger partial charge in [0.2, 0.25) is 11.8 Å². The Morgan fingerprint density at radius 1 is 0.688 bits per heavy atom. The maximum Gasteiger partial charge on any atom is 0.226 e. The number of nitrogens with one attached hydrogen (secondary N) is 2. The molecule has 5 saturated carbocycles. The van der Waals surface area contributed by atoms with E-state index in [0.29, 0.717) is 24.9 Å². The molecule has 2 bridgehead atoms. The van der Waals surface area contributed by atoms with E-state index >= 15 is 0 Å². The van der Waals surface area contributed by atoms with Gasteiger partial charge in [0.05, 0.1) is 11.2 Å². The molecule has 5 aliphatic carbocycles. The van der Waals surface area contributed by atoms with Crippen molar-refractivity contribution in [1.82, 2.24) is 10.6 Å². The molecule has 5 rings (SSSR count). The van der Waals surface area contributed by atoms with Gasteiger partial charge in [-0.3, -0.25) is 9.59 Å². The standard InChI is InChI=1S/C26H44N2O4/c1-19-5-3-7-25(31,15-19)17-27-21(29)23-9-12-24(13-10-23,14-11-23)22(30)28-18-26(32)8-4-6-20(2)16-26/h19-20,31-32H,3-18H2,1-2H3,(H,27,29)(H,28,30). The number of fused-ring (bicyclic) bond motifs is 3. The molecule has 6 heteroatoms. The summed E-state index contributed by atoms with van der Waals surface area (Å²) in [4.78, 5) is 26.3. The van der Waals surface area contributed by atoms with E-state index in [1.807, 2.05) is 0 Å². The van der Waals surface area contributed by atoms with Crippen LogP contribution in [0.4, 0.5) is 0 Å². The van der Waals surface area contributed by atoms with Crippen LogP contribution in [-0.2, 0) is 9.59 Å². The van der Waals surface area contributed by atoms with E-state index < -0.39 is 11.2 Å². The molecule has 0 aliphatic heterocycles. The highest BCUT2D eigenvalue weighted by Gasteiger charge is 2.55. The molecule has 0 saturated heterocycles. The summed E-state index contributed by atoms with van der Waals surface area (Å²) in [7, 11) is 0. The van der Waals surface area contributed by atoms with Gasteiger partial charge in [0.15, 0.2) is 0 Å². The Morgan fingerprint density at radius 3 is 1.34 bits per heavy atom. The van der Waals surface area contributed by atoms with E-state index in [4.69, 9.17) is 0 Å². The maximum absolute atomic E-state index is 13.2. The molecule has 4 atom stereocenters. The lowest BCUT2D eigenvalue weighted by Gasteiger charge is -2.51. The van der Waals surface area contributed by atoms with Gasteiger partial charge in [0.25, 0.3) is 0 Å². The Kier molecular flexibility index (Phi) is 6.68. The third-order valence-electron chi connectivity index (χ3n) is 9.50. The van der Waals surface area contributed by atoms with Crippen LogP contribution in [0.15, 0.2) is 0 Å². The first-order valence-corrected chi connectivity index (χ1v) is 13.1. The highest BCUT2D eigenvalue weighted by atomic mass is 16.3. The van der Waals surface area contributed by atoms with Crippen LogP contribution < -0.4 is 10.6 Å². The third kappa shape index (κ3) is 4.86. The lowest BCUT2D eigenvalue weighted by atomic mass is 9.53. The fourth-order valence-corrected chi connectivity index (χ4v) is 7.32. The van der Waals surface area contributed by atoms with Crippen molar-refractivity contribution >= 4 is 11.8 Å². The molecule has 0 spiro atoms. The minimum Gasteiger partial charge on any atom is -0.388 e. The largest absolute Gasteiger partial charge is 0.388 e. The zero-order valence-electron chi connectivity index (χ0n) is 20.2. The van der Waals surface area contributed by atoms with E-state index in [-0.39, 0.29) is 22.6 Å². The Bertz CT molecular complexity index is 640. The topological polar surface area (TPSA) is 98.7 Å². The minimum atomic E-state index is -0.770. The van der Waals surface area contributed by atoms with Gasteiger partial charge in [0.1, 0.15) is 0 Å². The van der Waals surface area contributed by atoms with Crippen LogP contribution in [0, 0.1) is 22.7 Å². The summed E-state index contributed by atoms with van der Waals surface area (Å²) in [5, 5.41) is 28.0. The molecule has 0 aromatic carbocycles. The second-order valence-electron chi connectivity index (χ2n) is 12.3. The number of hydrogen-bond acceptors (Lipinski definition) is 4. The van der Waals surface area contributed by atoms with Crippen molar-refractivity contribution in [3.63, 3.8) is 0 Å². The first-order valence-electron chi connectivity index (χ1n) is 13.1. The SMILES string of the molecule is CC1CCCC(O)(CNC(=O)C23CCC(C(=O)NCC4(O)CCCC(C)C4)(CC2)CC3)C1. The first kappa shape index (κ1) is 24.0. The maximum atomic E-state index is 13.2. The molecular weight excluding hydrogens is 404 g/mol. The van der Waals surface area contributed by atoms with E-state index in [2.05, 4.69) is 24.5 Å². The van der Waals surface area contributed by atoms with E-state index in [9.17, 15) is 19.8 Å². The van der Waals surface area contributed by atoms with Crippen molar-refractivity contribution in [2.45, 2.75) is 115 Å². The summed E-state index contributed by atoms with van der Waals surface area (Å²) < 4.78 is 0. The quantitative estimate of drug-likeness (QED) is 0.500. The Morgan fingerprint density at radius 2 is 1.03 bits per heavy atom. The average Bonchev–Trinajstić information content (AvgIpc) is 2.77. The van der Waals surface area contributed by atoms with Crippen molar-refractivity contribution in [3.05, 3.63) is 0 Å². The third-order valence-corrected chi connectivity index (χ3v) is 9.50. The van der Waals surface area contributed by atoms with Crippen LogP contribution in [0.1, 0.15) is 104 Å². The van der Waals surface area contributed by atoms with Gasteiger partial charge in [-0.1, -0.05) is 39.5 Å². The van der Waals surface area contributed by atoms with Gasteiger partial charge in [-0.25, -0.2) is 0 Å². The molecule has 5 aliphatic rings. The Labute approximate surface area is 193 Å². The summed E-state index contributed by atoms with van der Waals surface area (Å²) in [5.41, 5.74) is -2.30. The van der Waals surface area contributed by atoms with E-state index in [0.717, 1.165) is 89.9 Å². The smallest absolute Gasteiger partial charge is 0.226 e. The predicted molar refractivity (Wildman–Crippen MR) is 124 cm³/mol. The van der Waals surface area contributed by atoms with Gasteiger partial charge in [-0.2, -0.15) is 0 Å². The van der Waals surface area contributed by atoms with Crippen molar-refractivity contribution in [2.24, 2.45) is 22.7 Å². The zero-order valence-corrected chi connectivity index (χ0v) is 20.2. The van der Waals surface area contributed by atoms with Gasteiger partial charge < -0.3 is 20.8 Å². The second kappa shape index (κ2) is 8.90. The minimum absolute atomic E-state index is 0.0726. The second-order valence-corrected chi connectivity index (χ2v) is 12.3. The van der Waals surface area contributed by atoms with Crippen LogP contribution in [0.2, 0.25) is 0 Å². The number of rotatable bonds is 6. The Balaban J connectivity index is 1.28. The fraction of sp³-hybridized carbons (Fsp3) is 0.923. The van der Waals surface area contributed by atoms with Crippen LogP contribution in [0.3, 0.4) is 0 Å². The summed E-state index contributed by atoms with van der Waals surface area (Å²) in [6.45, 7) is 5.04. The lowest BCUT2D eigenvalue weighted by molar-refractivity contribution is -0.152. The Hall–Kier alpha value is -1.14. The van der Waals surface area contributed by atoms with Crippen LogP contribution in [-0.4, -0.2) is 46.3 Å². The van der Waals surface area contributed by atoms with Crippen molar-refractivity contribution in [1.29, 1.82) is 0 Å².